The van der Waals surface area contributed by atoms with E-state index in [1.807, 2.05) is 30.3 Å². The summed E-state index contributed by atoms with van der Waals surface area (Å²) in [4.78, 5) is 20.7. The van der Waals surface area contributed by atoms with Crippen molar-refractivity contribution >= 4 is 33.8 Å². The first kappa shape index (κ1) is 13.7. The fraction of sp³-hybridized carbons (Fsp3) is 0.133. The van der Waals surface area contributed by atoms with Crippen LogP contribution in [0.25, 0.3) is 10.9 Å². The van der Waals surface area contributed by atoms with E-state index in [0.29, 0.717) is 24.3 Å². The molecule has 1 amide bonds. The third-order valence-electron chi connectivity index (χ3n) is 2.99. The molecule has 3 N–H and O–H groups in total. The van der Waals surface area contributed by atoms with Crippen molar-refractivity contribution in [3.63, 3.8) is 0 Å². The van der Waals surface area contributed by atoms with Crippen LogP contribution in [0.1, 0.15) is 15.5 Å². The number of carbonyl (C=O) groups is 1. The Morgan fingerprint density at radius 1 is 1.33 bits per heavy atom. The average Bonchev–Trinajstić information content (AvgIpc) is 2.96. The molecule has 0 bridgehead atoms. The molecule has 0 radical (unpaired) electrons. The number of anilines is 1. The number of carbonyl (C=O) groups excluding carboxylic acids is 1. The number of nitrogens with two attached hydrogens (primary N) is 1. The number of para-hydroxylation sites is 1. The molecule has 0 fully saturated rings. The molecule has 2 heterocycles. The third kappa shape index (κ3) is 3.07. The number of nitrogens with one attached hydrogen (secondary N) is 1. The van der Waals surface area contributed by atoms with Crippen molar-refractivity contribution in [2.45, 2.75) is 6.42 Å². The number of pyridine rings is 1. The Labute approximate surface area is 125 Å². The van der Waals surface area contributed by atoms with Gasteiger partial charge in [0.1, 0.15) is 5.69 Å². The summed E-state index contributed by atoms with van der Waals surface area (Å²) in [5.41, 5.74) is 7.45. The van der Waals surface area contributed by atoms with Gasteiger partial charge in [-0.25, -0.2) is 4.98 Å². The standard InChI is InChI=1S/C15H14N4OS/c16-6-5-14-19-13(9-21-14)15(20)18-11-7-10-3-1-2-4-12(10)17-8-11/h1-4,7-9H,5-6,16H2,(H,18,20). The van der Waals surface area contributed by atoms with Gasteiger partial charge in [-0.1, -0.05) is 18.2 Å². The highest BCUT2D eigenvalue weighted by Gasteiger charge is 2.11. The molecule has 3 aromatic rings. The van der Waals surface area contributed by atoms with Crippen LogP contribution < -0.4 is 11.1 Å². The first-order valence-corrected chi connectivity index (χ1v) is 7.45. The van der Waals surface area contributed by atoms with Crippen LogP contribution in [-0.4, -0.2) is 22.4 Å². The molecule has 0 unspecified atom stereocenters. The van der Waals surface area contributed by atoms with Crippen LogP contribution in [0.3, 0.4) is 0 Å². The van der Waals surface area contributed by atoms with E-state index < -0.39 is 0 Å². The molecule has 1 aromatic carbocycles. The van der Waals surface area contributed by atoms with Crippen molar-refractivity contribution in [1.82, 2.24) is 9.97 Å². The summed E-state index contributed by atoms with van der Waals surface area (Å²) >= 11 is 1.45. The number of hydrogen-bond donors (Lipinski definition) is 2. The molecule has 21 heavy (non-hydrogen) atoms. The first-order valence-electron chi connectivity index (χ1n) is 6.57. The Balaban J connectivity index is 1.78. The molecule has 5 nitrogen and oxygen atoms in total. The molecule has 0 atom stereocenters. The van der Waals surface area contributed by atoms with E-state index in [2.05, 4.69) is 15.3 Å². The summed E-state index contributed by atoms with van der Waals surface area (Å²) < 4.78 is 0. The van der Waals surface area contributed by atoms with Crippen molar-refractivity contribution in [1.29, 1.82) is 0 Å². The summed E-state index contributed by atoms with van der Waals surface area (Å²) in [7, 11) is 0. The number of amides is 1. The Hall–Kier alpha value is -2.31. The predicted octanol–water partition coefficient (Wildman–Crippen LogP) is 2.44. The highest BCUT2D eigenvalue weighted by molar-refractivity contribution is 7.09. The summed E-state index contributed by atoms with van der Waals surface area (Å²) in [5, 5.41) is 6.42. The van der Waals surface area contributed by atoms with Gasteiger partial charge < -0.3 is 11.1 Å². The number of nitrogens with zero attached hydrogens (tertiary/aromatic N) is 2. The molecular formula is C15H14N4OS. The number of fused-ring (bicyclic) bond motifs is 1. The highest BCUT2D eigenvalue weighted by atomic mass is 32.1. The maximum absolute atomic E-state index is 12.1. The van der Waals surface area contributed by atoms with E-state index in [-0.39, 0.29) is 5.91 Å². The molecule has 106 valence electrons. The van der Waals surface area contributed by atoms with Crippen molar-refractivity contribution in [2.75, 3.05) is 11.9 Å². The maximum atomic E-state index is 12.1. The van der Waals surface area contributed by atoms with E-state index in [4.69, 9.17) is 5.73 Å². The van der Waals surface area contributed by atoms with Crippen molar-refractivity contribution in [3.05, 3.63) is 52.6 Å². The van der Waals surface area contributed by atoms with Crippen LogP contribution in [0.5, 0.6) is 0 Å². The third-order valence-corrected chi connectivity index (χ3v) is 3.90. The number of rotatable bonds is 4. The fourth-order valence-corrected chi connectivity index (χ4v) is 2.78. The molecule has 0 spiro atoms. The molecule has 0 aliphatic carbocycles. The van der Waals surface area contributed by atoms with Crippen LogP contribution in [0, 0.1) is 0 Å². The molecule has 3 rings (SSSR count). The monoisotopic (exact) mass is 298 g/mol. The summed E-state index contributed by atoms with van der Waals surface area (Å²) in [5.74, 6) is -0.230. The molecule has 0 aliphatic rings. The van der Waals surface area contributed by atoms with Gasteiger partial charge in [-0.05, 0) is 18.7 Å². The topological polar surface area (TPSA) is 80.9 Å². The SMILES string of the molecule is NCCc1nc(C(=O)Nc2cnc3ccccc3c2)cs1. The van der Waals surface area contributed by atoms with Gasteiger partial charge in [-0.15, -0.1) is 11.3 Å². The Kier molecular flexibility index (Phi) is 3.89. The zero-order valence-electron chi connectivity index (χ0n) is 11.2. The molecule has 6 heteroatoms. The van der Waals surface area contributed by atoms with Gasteiger partial charge in [-0.2, -0.15) is 0 Å². The Morgan fingerprint density at radius 3 is 3.05 bits per heavy atom. The maximum Gasteiger partial charge on any atom is 0.275 e. The molecule has 0 saturated heterocycles. The highest BCUT2D eigenvalue weighted by Crippen LogP contribution is 2.17. The predicted molar refractivity (Wildman–Crippen MR) is 84.6 cm³/mol. The number of thiazole rings is 1. The van der Waals surface area contributed by atoms with E-state index in [0.717, 1.165) is 15.9 Å². The van der Waals surface area contributed by atoms with E-state index in [9.17, 15) is 4.79 Å². The van der Waals surface area contributed by atoms with Crippen molar-refractivity contribution in [3.8, 4) is 0 Å². The smallest absolute Gasteiger partial charge is 0.275 e. The van der Waals surface area contributed by atoms with Gasteiger partial charge >= 0.3 is 0 Å². The van der Waals surface area contributed by atoms with Gasteiger partial charge in [0.25, 0.3) is 5.91 Å². The minimum absolute atomic E-state index is 0.230. The largest absolute Gasteiger partial charge is 0.330 e. The normalized spacial score (nSPS) is 10.7. The molecule has 2 aromatic heterocycles. The summed E-state index contributed by atoms with van der Waals surface area (Å²) in [6.45, 7) is 0.531. The second kappa shape index (κ2) is 5.99. The van der Waals surface area contributed by atoms with Crippen LogP contribution in [-0.2, 0) is 6.42 Å². The van der Waals surface area contributed by atoms with Crippen molar-refractivity contribution < 1.29 is 4.79 Å². The summed E-state index contributed by atoms with van der Waals surface area (Å²) in [6.07, 6.45) is 2.34. The quantitative estimate of drug-likeness (QED) is 0.775. The lowest BCUT2D eigenvalue weighted by Crippen LogP contribution is -2.13. The lowest BCUT2D eigenvalue weighted by molar-refractivity contribution is 0.102. The molecule has 0 saturated carbocycles. The van der Waals surface area contributed by atoms with Crippen molar-refractivity contribution in [2.24, 2.45) is 5.73 Å². The Morgan fingerprint density at radius 2 is 2.19 bits per heavy atom. The molecular weight excluding hydrogens is 284 g/mol. The van der Waals surface area contributed by atoms with Gasteiger partial charge in [0.15, 0.2) is 0 Å². The van der Waals surface area contributed by atoms with E-state index in [1.54, 1.807) is 11.6 Å². The number of benzene rings is 1. The zero-order chi connectivity index (χ0) is 14.7. The lowest BCUT2D eigenvalue weighted by Gasteiger charge is -2.04. The minimum Gasteiger partial charge on any atom is -0.330 e. The molecule has 0 aliphatic heterocycles. The van der Waals surface area contributed by atoms with Crippen LogP contribution >= 0.6 is 11.3 Å². The second-order valence-corrected chi connectivity index (χ2v) is 5.48. The number of aromatic nitrogens is 2. The van der Waals surface area contributed by atoms with Crippen LogP contribution in [0.15, 0.2) is 41.9 Å². The van der Waals surface area contributed by atoms with Gasteiger partial charge in [0.05, 0.1) is 22.4 Å². The Bertz CT molecular complexity index is 784. The lowest BCUT2D eigenvalue weighted by atomic mass is 10.2. The summed E-state index contributed by atoms with van der Waals surface area (Å²) in [6, 6.07) is 9.66. The van der Waals surface area contributed by atoms with E-state index in [1.165, 1.54) is 11.3 Å². The fourth-order valence-electron chi connectivity index (χ4n) is 1.99. The number of hydrogen-bond acceptors (Lipinski definition) is 5. The minimum atomic E-state index is -0.230. The van der Waals surface area contributed by atoms with E-state index >= 15 is 0 Å². The van der Waals surface area contributed by atoms with Gasteiger partial charge in [-0.3, -0.25) is 9.78 Å². The average molecular weight is 298 g/mol. The first-order chi connectivity index (χ1) is 10.3. The van der Waals surface area contributed by atoms with Crippen LogP contribution in [0.2, 0.25) is 0 Å². The van der Waals surface area contributed by atoms with Gasteiger partial charge in [0.2, 0.25) is 0 Å². The zero-order valence-corrected chi connectivity index (χ0v) is 12.1. The van der Waals surface area contributed by atoms with Gasteiger partial charge in [0, 0.05) is 17.2 Å². The second-order valence-electron chi connectivity index (χ2n) is 4.54. The van der Waals surface area contributed by atoms with Crippen LogP contribution in [0.4, 0.5) is 5.69 Å².